The third kappa shape index (κ3) is 7.39. The van der Waals surface area contributed by atoms with E-state index in [-0.39, 0.29) is 67.8 Å². The zero-order valence-electron chi connectivity index (χ0n) is 22.4. The minimum absolute atomic E-state index is 0. The number of carbonyl (C=O) groups excluding carboxylic acids is 2. The summed E-state index contributed by atoms with van der Waals surface area (Å²) in [6.07, 6.45) is -1.69. The van der Waals surface area contributed by atoms with Crippen molar-refractivity contribution in [1.82, 2.24) is 4.90 Å². The van der Waals surface area contributed by atoms with Crippen molar-refractivity contribution in [3.63, 3.8) is 0 Å². The van der Waals surface area contributed by atoms with Gasteiger partial charge in [-0.05, 0) is 38.1 Å². The maximum Gasteiger partial charge on any atom is 0.194 e. The number of ether oxygens (including phenoxy) is 2. The normalized spacial score (nSPS) is 13.0. The van der Waals surface area contributed by atoms with E-state index < -0.39 is 12.2 Å². The Bertz CT molecular complexity index is 1320. The molecule has 2 unspecified atom stereocenters. The average molecular weight is 560 g/mol. The number of ketones is 2. The number of hydrogen-bond acceptors (Lipinski definition) is 9. The van der Waals surface area contributed by atoms with Gasteiger partial charge in [0.05, 0.1) is 0 Å². The van der Waals surface area contributed by atoms with Crippen molar-refractivity contribution >= 4 is 45.9 Å². The lowest BCUT2D eigenvalue weighted by Crippen LogP contribution is -2.45. The quantitative estimate of drug-likeness (QED) is 0.220. The second kappa shape index (κ2) is 13.1. The van der Waals surface area contributed by atoms with Crippen molar-refractivity contribution < 1.29 is 38.1 Å². The second-order valence-corrected chi connectivity index (χ2v) is 9.66. The highest BCUT2D eigenvalue weighted by Gasteiger charge is 2.21. The predicted octanol–water partition coefficient (Wildman–Crippen LogP) is 4.90. The van der Waals surface area contributed by atoms with Crippen molar-refractivity contribution in [1.29, 1.82) is 0 Å². The average Bonchev–Trinajstić information content (AvgIpc) is 3.51. The molecular formula is C29H34ClNO8. The Morgan fingerprint density at radius 1 is 0.795 bits per heavy atom. The Morgan fingerprint density at radius 2 is 1.21 bits per heavy atom. The van der Waals surface area contributed by atoms with Crippen LogP contribution in [0.25, 0.3) is 21.9 Å². The highest BCUT2D eigenvalue weighted by molar-refractivity contribution is 5.98. The van der Waals surface area contributed by atoms with Crippen LogP contribution in [-0.4, -0.2) is 71.2 Å². The fraction of sp³-hybridized carbons (Fsp3) is 0.379. The molecule has 0 spiro atoms. The SMILES string of the molecule is CC(=O)c1cc2cccc(OCC(O)CN(CC(O)COc3cccc4cc(C(C)=O)oc34)C(C)C)c2o1.Cl. The smallest absolute Gasteiger partial charge is 0.194 e. The topological polar surface area (TPSA) is 123 Å². The summed E-state index contributed by atoms with van der Waals surface area (Å²) < 4.78 is 22.9. The molecular weight excluding hydrogens is 526 g/mol. The van der Waals surface area contributed by atoms with Crippen molar-refractivity contribution in [2.45, 2.75) is 45.9 Å². The summed E-state index contributed by atoms with van der Waals surface area (Å²) in [5.41, 5.74) is 0.917. The lowest BCUT2D eigenvalue weighted by atomic mass is 10.2. The molecule has 0 aliphatic rings. The number of para-hydroxylation sites is 2. The molecule has 0 aliphatic heterocycles. The standard InChI is InChI=1S/C29H33NO8.ClH/c1-17(2)30(13-22(33)15-35-24-9-5-7-20-11-26(18(3)31)37-28(20)24)14-23(34)16-36-25-10-6-8-21-12-27(19(4)32)38-29(21)25;/h5-12,17,22-23,33-34H,13-16H2,1-4H3;1H. The summed E-state index contributed by atoms with van der Waals surface area (Å²) in [5, 5.41) is 22.8. The predicted molar refractivity (Wildman–Crippen MR) is 149 cm³/mol. The first-order valence-electron chi connectivity index (χ1n) is 12.5. The summed E-state index contributed by atoms with van der Waals surface area (Å²) in [6, 6.07) is 14.1. The third-order valence-electron chi connectivity index (χ3n) is 6.19. The number of nitrogens with zero attached hydrogens (tertiary/aromatic N) is 1. The van der Waals surface area contributed by atoms with Gasteiger partial charge < -0.3 is 28.5 Å². The van der Waals surface area contributed by atoms with Crippen LogP contribution in [-0.2, 0) is 0 Å². The Kier molecular flexibility index (Phi) is 10.2. The molecule has 4 aromatic rings. The number of rotatable bonds is 13. The maximum atomic E-state index is 11.6. The lowest BCUT2D eigenvalue weighted by Gasteiger charge is -2.30. The minimum Gasteiger partial charge on any atom is -0.487 e. The van der Waals surface area contributed by atoms with Crippen LogP contribution in [0.1, 0.15) is 48.8 Å². The van der Waals surface area contributed by atoms with Gasteiger partial charge in [0, 0.05) is 43.8 Å². The number of furan rings is 2. The zero-order valence-corrected chi connectivity index (χ0v) is 23.2. The number of aliphatic hydroxyl groups is 2. The molecule has 0 bridgehead atoms. The number of benzene rings is 2. The molecule has 2 atom stereocenters. The largest absolute Gasteiger partial charge is 0.487 e. The molecule has 2 heterocycles. The number of halogens is 1. The van der Waals surface area contributed by atoms with E-state index >= 15 is 0 Å². The van der Waals surface area contributed by atoms with Crippen LogP contribution in [0.15, 0.2) is 57.4 Å². The number of aliphatic hydroxyl groups excluding tert-OH is 2. The van der Waals surface area contributed by atoms with Gasteiger partial charge in [0.2, 0.25) is 0 Å². The van der Waals surface area contributed by atoms with E-state index in [1.807, 2.05) is 30.9 Å². The van der Waals surface area contributed by atoms with Crippen LogP contribution in [0.2, 0.25) is 0 Å². The molecule has 0 fully saturated rings. The molecule has 0 saturated heterocycles. The van der Waals surface area contributed by atoms with Gasteiger partial charge in [0.25, 0.3) is 0 Å². The molecule has 10 heteroatoms. The van der Waals surface area contributed by atoms with Crippen molar-refractivity contribution in [3.05, 3.63) is 60.1 Å². The van der Waals surface area contributed by atoms with Crippen molar-refractivity contribution in [2.75, 3.05) is 26.3 Å². The van der Waals surface area contributed by atoms with Gasteiger partial charge in [-0.1, -0.05) is 24.3 Å². The van der Waals surface area contributed by atoms with Crippen molar-refractivity contribution in [2.24, 2.45) is 0 Å². The van der Waals surface area contributed by atoms with Crippen LogP contribution < -0.4 is 9.47 Å². The van der Waals surface area contributed by atoms with Crippen LogP contribution in [0.4, 0.5) is 0 Å². The van der Waals surface area contributed by atoms with Gasteiger partial charge in [0.15, 0.2) is 45.8 Å². The molecule has 2 aromatic carbocycles. The van der Waals surface area contributed by atoms with E-state index in [1.54, 1.807) is 36.4 Å². The van der Waals surface area contributed by atoms with E-state index in [2.05, 4.69) is 0 Å². The van der Waals surface area contributed by atoms with E-state index in [0.29, 0.717) is 22.7 Å². The van der Waals surface area contributed by atoms with Gasteiger partial charge in [-0.25, -0.2) is 0 Å². The lowest BCUT2D eigenvalue weighted by molar-refractivity contribution is 0.0197. The summed E-state index contributed by atoms with van der Waals surface area (Å²) in [6.45, 7) is 7.35. The fourth-order valence-corrected chi connectivity index (χ4v) is 4.16. The van der Waals surface area contributed by atoms with Gasteiger partial charge in [-0.2, -0.15) is 0 Å². The molecule has 0 aliphatic carbocycles. The number of Topliss-reactive ketones (excluding diaryl/α,β-unsaturated/α-hetero) is 2. The first-order valence-corrected chi connectivity index (χ1v) is 12.5. The molecule has 0 saturated carbocycles. The molecule has 0 radical (unpaired) electrons. The zero-order chi connectivity index (χ0) is 27.4. The van der Waals surface area contributed by atoms with Crippen LogP contribution >= 0.6 is 12.4 Å². The Hall–Kier alpha value is -3.37. The highest BCUT2D eigenvalue weighted by Crippen LogP contribution is 2.30. The number of hydrogen-bond donors (Lipinski definition) is 2. The second-order valence-electron chi connectivity index (χ2n) is 9.66. The highest BCUT2D eigenvalue weighted by atomic mass is 35.5. The van der Waals surface area contributed by atoms with Gasteiger partial charge in [-0.3, -0.25) is 14.5 Å². The molecule has 9 nitrogen and oxygen atoms in total. The Balaban J connectivity index is 0.00000420. The first-order chi connectivity index (χ1) is 18.1. The molecule has 2 N–H and O–H groups in total. The first kappa shape index (κ1) is 30.2. The molecule has 39 heavy (non-hydrogen) atoms. The van der Waals surface area contributed by atoms with Crippen LogP contribution in [0, 0.1) is 0 Å². The molecule has 210 valence electrons. The van der Waals surface area contributed by atoms with E-state index in [4.69, 9.17) is 18.3 Å². The van der Waals surface area contributed by atoms with E-state index in [1.165, 1.54) is 13.8 Å². The number of carbonyl (C=O) groups is 2. The van der Waals surface area contributed by atoms with E-state index in [0.717, 1.165) is 10.8 Å². The molecule has 4 rings (SSSR count). The van der Waals surface area contributed by atoms with Crippen LogP contribution in [0.3, 0.4) is 0 Å². The monoisotopic (exact) mass is 559 g/mol. The Labute approximate surface area is 232 Å². The van der Waals surface area contributed by atoms with Crippen molar-refractivity contribution in [3.8, 4) is 11.5 Å². The third-order valence-corrected chi connectivity index (χ3v) is 6.19. The van der Waals surface area contributed by atoms with Gasteiger partial charge >= 0.3 is 0 Å². The summed E-state index contributed by atoms with van der Waals surface area (Å²) in [4.78, 5) is 25.2. The maximum absolute atomic E-state index is 11.6. The molecule has 0 amide bonds. The summed E-state index contributed by atoms with van der Waals surface area (Å²) >= 11 is 0. The minimum atomic E-state index is -0.843. The number of fused-ring (bicyclic) bond motifs is 2. The molecule has 2 aromatic heterocycles. The summed E-state index contributed by atoms with van der Waals surface area (Å²) in [7, 11) is 0. The van der Waals surface area contributed by atoms with Gasteiger partial charge in [-0.15, -0.1) is 12.4 Å². The van der Waals surface area contributed by atoms with Gasteiger partial charge in [0.1, 0.15) is 25.4 Å². The van der Waals surface area contributed by atoms with E-state index in [9.17, 15) is 19.8 Å². The van der Waals surface area contributed by atoms with Crippen LogP contribution in [0.5, 0.6) is 11.5 Å². The fourth-order valence-electron chi connectivity index (χ4n) is 4.16. The Morgan fingerprint density at radius 3 is 1.56 bits per heavy atom. The summed E-state index contributed by atoms with van der Waals surface area (Å²) in [5.74, 6) is 1.04.